The van der Waals surface area contributed by atoms with Gasteiger partial charge in [-0.15, -0.1) is 0 Å². The van der Waals surface area contributed by atoms with E-state index in [9.17, 15) is 5.11 Å². The van der Waals surface area contributed by atoms with Gasteiger partial charge in [-0.3, -0.25) is 0 Å². The largest absolute Gasteiger partial charge is 0.395 e. The van der Waals surface area contributed by atoms with Gasteiger partial charge >= 0.3 is 0 Å². The lowest BCUT2D eigenvalue weighted by atomic mass is 10.1. The van der Waals surface area contributed by atoms with Crippen LogP contribution in [-0.4, -0.2) is 29.3 Å². The molecule has 0 bridgehead atoms. The van der Waals surface area contributed by atoms with Gasteiger partial charge in [-0.25, -0.2) is 4.98 Å². The Hall–Kier alpha value is -1.13. The quantitative estimate of drug-likeness (QED) is 0.942. The third-order valence-corrected chi connectivity index (χ3v) is 3.66. The van der Waals surface area contributed by atoms with Crippen molar-refractivity contribution in [3.05, 3.63) is 34.9 Å². The maximum Gasteiger partial charge on any atom is 0.136 e. The van der Waals surface area contributed by atoms with Crippen molar-refractivity contribution in [2.75, 3.05) is 18.1 Å². The van der Waals surface area contributed by atoms with Crippen LogP contribution in [0.5, 0.6) is 0 Å². The fourth-order valence-corrected chi connectivity index (χ4v) is 2.60. The van der Waals surface area contributed by atoms with Gasteiger partial charge < -0.3 is 10.0 Å². The highest BCUT2D eigenvalue weighted by atomic mass is 79.9. The monoisotopic (exact) mass is 308 g/mol. The van der Waals surface area contributed by atoms with Crippen molar-refractivity contribution in [2.24, 2.45) is 0 Å². The Morgan fingerprint density at radius 2 is 2.06 bits per heavy atom. The predicted octanol–water partition coefficient (Wildman–Crippen LogP) is 3.20. The lowest BCUT2D eigenvalue weighted by Crippen LogP contribution is -2.34. The molecule has 0 spiro atoms. The van der Waals surface area contributed by atoms with Gasteiger partial charge in [0.25, 0.3) is 0 Å². The van der Waals surface area contributed by atoms with Crippen LogP contribution in [-0.2, 0) is 0 Å². The highest BCUT2D eigenvalue weighted by Crippen LogP contribution is 2.30. The molecule has 0 saturated heterocycles. The van der Waals surface area contributed by atoms with E-state index in [1.165, 1.54) is 0 Å². The van der Waals surface area contributed by atoms with Crippen LogP contribution in [0.3, 0.4) is 0 Å². The molecular formula is C14H17BrN2O. The van der Waals surface area contributed by atoms with Gasteiger partial charge in [-0.2, -0.15) is 0 Å². The minimum Gasteiger partial charge on any atom is -0.395 e. The van der Waals surface area contributed by atoms with Gasteiger partial charge in [0, 0.05) is 34.0 Å². The van der Waals surface area contributed by atoms with Crippen LogP contribution in [0.2, 0.25) is 0 Å². The van der Waals surface area contributed by atoms with Gasteiger partial charge in [0.15, 0.2) is 0 Å². The Morgan fingerprint density at radius 3 is 2.72 bits per heavy atom. The minimum atomic E-state index is 0.129. The van der Waals surface area contributed by atoms with E-state index in [0.717, 1.165) is 21.1 Å². The number of fused-ring (bicyclic) bond motifs is 1. The molecule has 1 heterocycles. The zero-order chi connectivity index (χ0) is 13.1. The topological polar surface area (TPSA) is 36.4 Å². The maximum absolute atomic E-state index is 9.19. The summed E-state index contributed by atoms with van der Waals surface area (Å²) in [5.41, 5.74) is 0. The Kier molecular flexibility index (Phi) is 4.19. The molecule has 3 nitrogen and oxygen atoms in total. The number of anilines is 1. The number of rotatable bonds is 4. The number of halogens is 1. The van der Waals surface area contributed by atoms with Crippen molar-refractivity contribution in [2.45, 2.75) is 19.9 Å². The Bertz CT molecular complexity index is 542. The average molecular weight is 309 g/mol. The molecule has 96 valence electrons. The molecule has 2 aromatic rings. The summed E-state index contributed by atoms with van der Waals surface area (Å²) in [5.74, 6) is 0.929. The smallest absolute Gasteiger partial charge is 0.136 e. The van der Waals surface area contributed by atoms with E-state index in [4.69, 9.17) is 0 Å². The molecule has 1 aromatic heterocycles. The highest BCUT2D eigenvalue weighted by molar-refractivity contribution is 9.10. The molecule has 0 radical (unpaired) electrons. The number of aliphatic hydroxyl groups excluding tert-OH is 1. The van der Waals surface area contributed by atoms with Gasteiger partial charge in [-0.05, 0) is 26.0 Å². The van der Waals surface area contributed by atoms with E-state index in [-0.39, 0.29) is 6.61 Å². The fourth-order valence-electron chi connectivity index (χ4n) is 2.10. The number of pyridine rings is 1. The minimum absolute atomic E-state index is 0.129. The Balaban J connectivity index is 2.59. The molecule has 0 fully saturated rings. The molecule has 2 rings (SSSR count). The summed E-state index contributed by atoms with van der Waals surface area (Å²) in [4.78, 5) is 6.60. The first-order chi connectivity index (χ1) is 8.65. The molecule has 18 heavy (non-hydrogen) atoms. The summed E-state index contributed by atoms with van der Waals surface area (Å²) >= 11 is 3.56. The highest BCUT2D eigenvalue weighted by Gasteiger charge is 2.14. The number of benzene rings is 1. The Morgan fingerprint density at radius 1 is 1.28 bits per heavy atom. The second-order valence-electron chi connectivity index (χ2n) is 4.48. The van der Waals surface area contributed by atoms with Gasteiger partial charge in [0.05, 0.1) is 6.61 Å². The first kappa shape index (κ1) is 13.3. The maximum atomic E-state index is 9.19. The van der Waals surface area contributed by atoms with Crippen molar-refractivity contribution < 1.29 is 5.11 Å². The molecule has 0 amide bonds. The van der Waals surface area contributed by atoms with Crippen LogP contribution in [0.25, 0.3) is 10.8 Å². The van der Waals surface area contributed by atoms with Crippen LogP contribution in [0.4, 0.5) is 5.82 Å². The SMILES string of the molecule is CC(C)N(CCO)c1nccc2c(Br)cccc12. The van der Waals surface area contributed by atoms with Crippen molar-refractivity contribution in [3.8, 4) is 0 Å². The molecule has 1 aromatic carbocycles. The summed E-state index contributed by atoms with van der Waals surface area (Å²) in [6.45, 7) is 4.93. The standard InChI is InChI=1S/C14H17BrN2O/c1-10(2)17(8-9-18)14-12-4-3-5-13(15)11(12)6-7-16-14/h3-7,10,18H,8-9H2,1-2H3. The predicted molar refractivity (Wildman–Crippen MR) is 79.0 cm³/mol. The first-order valence-electron chi connectivity index (χ1n) is 6.06. The first-order valence-corrected chi connectivity index (χ1v) is 6.85. The van der Waals surface area contributed by atoms with E-state index in [1.54, 1.807) is 0 Å². The van der Waals surface area contributed by atoms with E-state index in [1.807, 2.05) is 24.4 Å². The van der Waals surface area contributed by atoms with Crippen LogP contribution in [0.1, 0.15) is 13.8 Å². The van der Waals surface area contributed by atoms with Crippen molar-refractivity contribution in [1.82, 2.24) is 4.98 Å². The average Bonchev–Trinajstić information content (AvgIpc) is 2.36. The van der Waals surface area contributed by atoms with Gasteiger partial charge in [-0.1, -0.05) is 28.1 Å². The molecule has 0 saturated carbocycles. The number of aliphatic hydroxyl groups is 1. The van der Waals surface area contributed by atoms with Crippen molar-refractivity contribution in [3.63, 3.8) is 0 Å². The third-order valence-electron chi connectivity index (χ3n) is 2.97. The lowest BCUT2D eigenvalue weighted by molar-refractivity contribution is 0.299. The van der Waals surface area contributed by atoms with Crippen LogP contribution >= 0.6 is 15.9 Å². The van der Waals surface area contributed by atoms with E-state index >= 15 is 0 Å². The van der Waals surface area contributed by atoms with Crippen LogP contribution in [0.15, 0.2) is 34.9 Å². The van der Waals surface area contributed by atoms with Crippen LogP contribution < -0.4 is 4.90 Å². The zero-order valence-corrected chi connectivity index (χ0v) is 12.2. The van der Waals surface area contributed by atoms with Gasteiger partial charge in [0.1, 0.15) is 5.82 Å². The van der Waals surface area contributed by atoms with E-state index in [2.05, 4.69) is 45.7 Å². The lowest BCUT2D eigenvalue weighted by Gasteiger charge is -2.28. The van der Waals surface area contributed by atoms with Crippen LogP contribution in [0, 0.1) is 0 Å². The summed E-state index contributed by atoms with van der Waals surface area (Å²) in [5, 5.41) is 11.4. The third kappa shape index (κ3) is 2.49. The molecule has 0 aliphatic heterocycles. The van der Waals surface area contributed by atoms with Gasteiger partial charge in [0.2, 0.25) is 0 Å². The fraction of sp³-hybridized carbons (Fsp3) is 0.357. The molecule has 4 heteroatoms. The molecule has 0 atom stereocenters. The molecular weight excluding hydrogens is 292 g/mol. The molecule has 0 aliphatic rings. The number of aromatic nitrogens is 1. The summed E-state index contributed by atoms with van der Waals surface area (Å²) in [6.07, 6.45) is 1.81. The zero-order valence-electron chi connectivity index (χ0n) is 10.6. The van der Waals surface area contributed by atoms with Crippen molar-refractivity contribution in [1.29, 1.82) is 0 Å². The summed E-state index contributed by atoms with van der Waals surface area (Å²) in [6, 6.07) is 8.40. The Labute approximate surface area is 116 Å². The molecule has 0 aliphatic carbocycles. The number of hydrogen-bond donors (Lipinski definition) is 1. The normalized spacial score (nSPS) is 11.2. The van der Waals surface area contributed by atoms with E-state index < -0.39 is 0 Å². The molecule has 1 N–H and O–H groups in total. The number of nitrogens with zero attached hydrogens (tertiary/aromatic N) is 2. The summed E-state index contributed by atoms with van der Waals surface area (Å²) < 4.78 is 1.07. The second-order valence-corrected chi connectivity index (χ2v) is 5.33. The molecule has 0 unspecified atom stereocenters. The van der Waals surface area contributed by atoms with Crippen molar-refractivity contribution >= 4 is 32.5 Å². The second kappa shape index (κ2) is 5.67. The number of hydrogen-bond acceptors (Lipinski definition) is 3. The van der Waals surface area contributed by atoms with E-state index in [0.29, 0.717) is 12.6 Å². The summed E-state index contributed by atoms with van der Waals surface area (Å²) in [7, 11) is 0.